The van der Waals surface area contributed by atoms with Crippen molar-refractivity contribution in [2.45, 2.75) is 40.3 Å². The van der Waals surface area contributed by atoms with Gasteiger partial charge in [0.2, 0.25) is 0 Å². The molecule has 0 bridgehead atoms. The summed E-state index contributed by atoms with van der Waals surface area (Å²) in [5.74, 6) is 3.06. The van der Waals surface area contributed by atoms with Crippen LogP contribution in [0.2, 0.25) is 0 Å². The lowest BCUT2D eigenvalue weighted by Crippen LogP contribution is -2.36. The molecule has 0 spiro atoms. The summed E-state index contributed by atoms with van der Waals surface area (Å²) in [5, 5.41) is 6.76. The van der Waals surface area contributed by atoms with E-state index in [9.17, 15) is 0 Å². The Morgan fingerprint density at radius 1 is 1.12 bits per heavy atom. The molecule has 176 valence electrons. The predicted octanol–water partition coefficient (Wildman–Crippen LogP) is 4.68. The monoisotopic (exact) mass is 553 g/mol. The van der Waals surface area contributed by atoms with Crippen molar-refractivity contribution < 1.29 is 14.2 Å². The maximum atomic E-state index is 6.17. The summed E-state index contributed by atoms with van der Waals surface area (Å²) >= 11 is 0. The number of benzene rings is 2. The Balaban J connectivity index is 0.00000363. The number of aryl methyl sites for hydroxylation is 1. The number of ether oxygens (including phenoxy) is 3. The van der Waals surface area contributed by atoms with Crippen LogP contribution >= 0.6 is 24.0 Å². The minimum atomic E-state index is 0. The second kappa shape index (κ2) is 14.2. The van der Waals surface area contributed by atoms with Gasteiger partial charge in [-0.25, -0.2) is 4.99 Å². The van der Waals surface area contributed by atoms with Crippen LogP contribution in [0.25, 0.3) is 0 Å². The number of rotatable bonds is 10. The van der Waals surface area contributed by atoms with Crippen LogP contribution < -0.4 is 20.1 Å². The lowest BCUT2D eigenvalue weighted by Gasteiger charge is -2.17. The fraction of sp³-hybridized carbons (Fsp3) is 0.480. The zero-order valence-corrected chi connectivity index (χ0v) is 21.7. The highest BCUT2D eigenvalue weighted by Crippen LogP contribution is 2.22. The van der Waals surface area contributed by atoms with Gasteiger partial charge in [0.05, 0.1) is 26.4 Å². The van der Waals surface area contributed by atoms with Gasteiger partial charge < -0.3 is 24.8 Å². The van der Waals surface area contributed by atoms with Crippen LogP contribution in [0.3, 0.4) is 0 Å². The molecule has 6 nitrogen and oxygen atoms in total. The van der Waals surface area contributed by atoms with E-state index < -0.39 is 0 Å². The Kier molecular flexibility index (Phi) is 11.7. The smallest absolute Gasteiger partial charge is 0.191 e. The molecule has 1 aliphatic heterocycles. The van der Waals surface area contributed by atoms with E-state index in [0.717, 1.165) is 54.8 Å². The molecule has 2 aromatic rings. The molecule has 2 aromatic carbocycles. The van der Waals surface area contributed by atoms with E-state index in [1.54, 1.807) is 0 Å². The molecule has 0 aromatic heterocycles. The summed E-state index contributed by atoms with van der Waals surface area (Å²) in [6.45, 7) is 11.1. The zero-order valence-electron chi connectivity index (χ0n) is 19.4. The summed E-state index contributed by atoms with van der Waals surface area (Å²) in [6.07, 6.45) is 1.07. The molecule has 3 rings (SSSR count). The quantitative estimate of drug-likeness (QED) is 0.254. The minimum Gasteiger partial charge on any atom is -0.494 e. The van der Waals surface area contributed by atoms with Crippen molar-refractivity contribution in [1.29, 1.82) is 0 Å². The average molecular weight is 553 g/mol. The Morgan fingerprint density at radius 2 is 2.00 bits per heavy atom. The molecule has 1 aliphatic rings. The highest BCUT2D eigenvalue weighted by molar-refractivity contribution is 14.0. The van der Waals surface area contributed by atoms with Crippen LogP contribution in [0.4, 0.5) is 0 Å². The Labute approximate surface area is 209 Å². The summed E-state index contributed by atoms with van der Waals surface area (Å²) in [6, 6.07) is 14.4. The molecular formula is C25H36IN3O3. The second-order valence-corrected chi connectivity index (χ2v) is 7.78. The van der Waals surface area contributed by atoms with E-state index in [1.807, 2.05) is 25.1 Å². The van der Waals surface area contributed by atoms with Gasteiger partial charge in [0, 0.05) is 31.2 Å². The lowest BCUT2D eigenvalue weighted by atomic mass is 10.1. The van der Waals surface area contributed by atoms with Crippen LogP contribution in [0.15, 0.2) is 47.5 Å². The first-order valence-electron chi connectivity index (χ1n) is 11.2. The number of hydrogen-bond acceptors (Lipinski definition) is 4. The standard InChI is InChI=1S/C25H35N3O3.HI/c1-4-26-25(27-15-20-7-6-8-23(14-20)30-5-2)28-16-22-10-9-19(3)13-24(22)31-18-21-11-12-29-17-21;/h6-10,13-14,21H,4-5,11-12,15-18H2,1-3H3,(H2,26,27,28);1H. The number of nitrogens with one attached hydrogen (secondary N) is 2. The van der Waals surface area contributed by atoms with Crippen molar-refractivity contribution in [1.82, 2.24) is 10.6 Å². The van der Waals surface area contributed by atoms with E-state index in [0.29, 0.717) is 32.2 Å². The molecule has 1 saturated heterocycles. The Bertz CT molecular complexity index is 854. The van der Waals surface area contributed by atoms with Crippen molar-refractivity contribution in [3.8, 4) is 11.5 Å². The van der Waals surface area contributed by atoms with Crippen LogP contribution in [0.5, 0.6) is 11.5 Å². The molecule has 0 amide bonds. The lowest BCUT2D eigenvalue weighted by molar-refractivity contribution is 0.166. The van der Waals surface area contributed by atoms with E-state index in [4.69, 9.17) is 19.2 Å². The fourth-order valence-electron chi connectivity index (χ4n) is 3.46. The Hall–Kier alpha value is -2.00. The van der Waals surface area contributed by atoms with Crippen molar-refractivity contribution in [2.24, 2.45) is 10.9 Å². The number of guanidine groups is 1. The maximum Gasteiger partial charge on any atom is 0.191 e. The molecule has 0 aliphatic carbocycles. The number of nitrogens with zero attached hydrogens (tertiary/aromatic N) is 1. The molecule has 32 heavy (non-hydrogen) atoms. The zero-order chi connectivity index (χ0) is 21.9. The van der Waals surface area contributed by atoms with Gasteiger partial charge in [-0.2, -0.15) is 0 Å². The van der Waals surface area contributed by atoms with E-state index in [1.165, 1.54) is 5.56 Å². The van der Waals surface area contributed by atoms with Gasteiger partial charge >= 0.3 is 0 Å². The molecule has 2 N–H and O–H groups in total. The first-order valence-corrected chi connectivity index (χ1v) is 11.2. The van der Waals surface area contributed by atoms with Crippen molar-refractivity contribution in [3.63, 3.8) is 0 Å². The van der Waals surface area contributed by atoms with Gasteiger partial charge in [-0.15, -0.1) is 24.0 Å². The number of halogens is 1. The second-order valence-electron chi connectivity index (χ2n) is 7.78. The van der Waals surface area contributed by atoms with Crippen LogP contribution in [0.1, 0.15) is 37.0 Å². The van der Waals surface area contributed by atoms with Gasteiger partial charge in [-0.3, -0.25) is 0 Å². The molecule has 1 unspecified atom stereocenters. The first-order chi connectivity index (χ1) is 15.2. The van der Waals surface area contributed by atoms with Gasteiger partial charge in [0.25, 0.3) is 0 Å². The summed E-state index contributed by atoms with van der Waals surface area (Å²) < 4.78 is 17.2. The molecule has 1 fully saturated rings. The molecule has 0 saturated carbocycles. The third-order valence-electron chi connectivity index (χ3n) is 5.14. The number of hydrogen-bond donors (Lipinski definition) is 2. The molecule has 0 radical (unpaired) electrons. The topological polar surface area (TPSA) is 64.1 Å². The highest BCUT2D eigenvalue weighted by Gasteiger charge is 2.17. The highest BCUT2D eigenvalue weighted by atomic mass is 127. The Morgan fingerprint density at radius 3 is 2.75 bits per heavy atom. The van der Waals surface area contributed by atoms with Crippen LogP contribution in [0, 0.1) is 12.8 Å². The van der Waals surface area contributed by atoms with Crippen molar-refractivity contribution >= 4 is 29.9 Å². The fourth-order valence-corrected chi connectivity index (χ4v) is 3.46. The largest absolute Gasteiger partial charge is 0.494 e. The van der Waals surface area contributed by atoms with E-state index in [-0.39, 0.29) is 24.0 Å². The van der Waals surface area contributed by atoms with Gasteiger partial charge in [0.15, 0.2) is 5.96 Å². The first kappa shape index (κ1) is 26.3. The molecule has 7 heteroatoms. The summed E-state index contributed by atoms with van der Waals surface area (Å²) in [5.41, 5.74) is 3.42. The van der Waals surface area contributed by atoms with Gasteiger partial charge in [-0.05, 0) is 56.5 Å². The summed E-state index contributed by atoms with van der Waals surface area (Å²) in [4.78, 5) is 4.74. The molecule has 1 heterocycles. The third-order valence-corrected chi connectivity index (χ3v) is 5.14. The van der Waals surface area contributed by atoms with E-state index >= 15 is 0 Å². The van der Waals surface area contributed by atoms with Crippen molar-refractivity contribution in [3.05, 3.63) is 59.2 Å². The average Bonchev–Trinajstić information content (AvgIpc) is 3.29. The number of aliphatic imine (C=N–C) groups is 1. The normalized spacial score (nSPS) is 15.7. The minimum absolute atomic E-state index is 0. The SMILES string of the molecule is CCNC(=NCc1cccc(OCC)c1)NCc1ccc(C)cc1OCC1CCOC1.I. The summed E-state index contributed by atoms with van der Waals surface area (Å²) in [7, 11) is 0. The molecule has 1 atom stereocenters. The predicted molar refractivity (Wildman–Crippen MR) is 140 cm³/mol. The molecular weight excluding hydrogens is 517 g/mol. The maximum absolute atomic E-state index is 6.17. The van der Waals surface area contributed by atoms with Crippen LogP contribution in [-0.4, -0.2) is 38.9 Å². The van der Waals surface area contributed by atoms with Crippen molar-refractivity contribution in [2.75, 3.05) is 33.0 Å². The third kappa shape index (κ3) is 8.50. The van der Waals surface area contributed by atoms with Gasteiger partial charge in [0.1, 0.15) is 11.5 Å². The van der Waals surface area contributed by atoms with E-state index in [2.05, 4.69) is 48.7 Å². The van der Waals surface area contributed by atoms with Gasteiger partial charge in [-0.1, -0.05) is 24.3 Å². The van der Waals surface area contributed by atoms with Crippen LogP contribution in [-0.2, 0) is 17.8 Å².